The van der Waals surface area contributed by atoms with E-state index in [2.05, 4.69) is 5.32 Å². The Morgan fingerprint density at radius 3 is 2.52 bits per heavy atom. The molecule has 7 heteroatoms. The number of nitro benzene ring substituents is 1. The predicted molar refractivity (Wildman–Crippen MR) is 93.8 cm³/mol. The van der Waals surface area contributed by atoms with Crippen molar-refractivity contribution in [1.82, 2.24) is 0 Å². The summed E-state index contributed by atoms with van der Waals surface area (Å²) in [7, 11) is 0. The van der Waals surface area contributed by atoms with Crippen LogP contribution in [0.3, 0.4) is 0 Å². The highest BCUT2D eigenvalue weighted by atomic mass is 16.6. The van der Waals surface area contributed by atoms with Gasteiger partial charge >= 0.3 is 0 Å². The van der Waals surface area contributed by atoms with Gasteiger partial charge in [0.2, 0.25) is 5.91 Å². The van der Waals surface area contributed by atoms with Crippen molar-refractivity contribution in [3.63, 3.8) is 0 Å². The SMILES string of the molecule is CC(=O)N1CCCc2cc(NC(=O)c3ccc([N+](=O)[O-])cc3)ccc21. The highest BCUT2D eigenvalue weighted by Gasteiger charge is 2.20. The molecule has 2 amide bonds. The number of rotatable bonds is 3. The summed E-state index contributed by atoms with van der Waals surface area (Å²) in [5.74, 6) is -0.335. The zero-order chi connectivity index (χ0) is 18.0. The topological polar surface area (TPSA) is 92.6 Å². The summed E-state index contributed by atoms with van der Waals surface area (Å²) < 4.78 is 0. The summed E-state index contributed by atoms with van der Waals surface area (Å²) >= 11 is 0. The number of amides is 2. The van der Waals surface area contributed by atoms with Crippen molar-refractivity contribution in [2.24, 2.45) is 0 Å². The average Bonchev–Trinajstić information content (AvgIpc) is 2.61. The van der Waals surface area contributed by atoms with Gasteiger partial charge < -0.3 is 10.2 Å². The molecule has 0 radical (unpaired) electrons. The van der Waals surface area contributed by atoms with Crippen LogP contribution >= 0.6 is 0 Å². The minimum absolute atomic E-state index is 0.00335. The quantitative estimate of drug-likeness (QED) is 0.687. The van der Waals surface area contributed by atoms with E-state index in [0.717, 1.165) is 24.1 Å². The normalized spacial score (nSPS) is 13.1. The zero-order valence-electron chi connectivity index (χ0n) is 13.7. The number of benzene rings is 2. The van der Waals surface area contributed by atoms with Gasteiger partial charge in [0.25, 0.3) is 11.6 Å². The molecule has 25 heavy (non-hydrogen) atoms. The van der Waals surface area contributed by atoms with Gasteiger partial charge in [0.1, 0.15) is 0 Å². The molecule has 0 saturated carbocycles. The lowest BCUT2D eigenvalue weighted by atomic mass is 10.0. The molecule has 0 bridgehead atoms. The van der Waals surface area contributed by atoms with Gasteiger partial charge in [-0.25, -0.2) is 0 Å². The minimum atomic E-state index is -0.508. The van der Waals surface area contributed by atoms with Crippen molar-refractivity contribution in [1.29, 1.82) is 0 Å². The van der Waals surface area contributed by atoms with Crippen LogP contribution in [-0.2, 0) is 11.2 Å². The fourth-order valence-electron chi connectivity index (χ4n) is 2.94. The van der Waals surface area contributed by atoms with Crippen molar-refractivity contribution in [3.8, 4) is 0 Å². The molecule has 0 aromatic heterocycles. The summed E-state index contributed by atoms with van der Waals surface area (Å²) in [6.45, 7) is 2.25. The Bertz CT molecular complexity index is 846. The summed E-state index contributed by atoms with van der Waals surface area (Å²) in [5.41, 5.74) is 2.81. The molecule has 1 aliphatic heterocycles. The minimum Gasteiger partial charge on any atom is -0.322 e. The molecule has 0 spiro atoms. The summed E-state index contributed by atoms with van der Waals surface area (Å²) in [6, 6.07) is 10.9. The molecule has 0 saturated heterocycles. The van der Waals surface area contributed by atoms with Gasteiger partial charge in [-0.05, 0) is 48.7 Å². The number of carbonyl (C=O) groups excluding carboxylic acids is 2. The number of fused-ring (bicyclic) bond motifs is 1. The number of non-ortho nitro benzene ring substituents is 1. The van der Waals surface area contributed by atoms with E-state index < -0.39 is 4.92 Å². The number of anilines is 2. The molecular formula is C18H17N3O4. The van der Waals surface area contributed by atoms with Gasteiger partial charge in [-0.15, -0.1) is 0 Å². The maximum atomic E-state index is 12.3. The predicted octanol–water partition coefficient (Wildman–Crippen LogP) is 3.15. The van der Waals surface area contributed by atoms with Gasteiger partial charge in [0.05, 0.1) is 4.92 Å². The Morgan fingerprint density at radius 1 is 1.16 bits per heavy atom. The molecule has 1 heterocycles. The third-order valence-electron chi connectivity index (χ3n) is 4.18. The van der Waals surface area contributed by atoms with Crippen LogP contribution in [0.2, 0.25) is 0 Å². The molecule has 7 nitrogen and oxygen atoms in total. The van der Waals surface area contributed by atoms with Crippen molar-refractivity contribution >= 4 is 28.9 Å². The third kappa shape index (κ3) is 3.50. The van der Waals surface area contributed by atoms with Crippen LogP contribution in [0.5, 0.6) is 0 Å². The van der Waals surface area contributed by atoms with E-state index in [-0.39, 0.29) is 17.5 Å². The van der Waals surface area contributed by atoms with Crippen molar-refractivity contribution in [3.05, 3.63) is 63.7 Å². The molecule has 2 aromatic rings. The molecule has 2 aromatic carbocycles. The molecule has 1 aliphatic rings. The lowest BCUT2D eigenvalue weighted by Gasteiger charge is -2.29. The largest absolute Gasteiger partial charge is 0.322 e. The van der Waals surface area contributed by atoms with Gasteiger partial charge in [-0.3, -0.25) is 19.7 Å². The number of carbonyl (C=O) groups is 2. The maximum absolute atomic E-state index is 12.3. The van der Waals surface area contributed by atoms with E-state index in [1.54, 1.807) is 17.9 Å². The van der Waals surface area contributed by atoms with Gasteiger partial charge in [-0.2, -0.15) is 0 Å². The Kier molecular flexibility index (Phi) is 4.47. The van der Waals surface area contributed by atoms with Gasteiger partial charge in [-0.1, -0.05) is 0 Å². The van der Waals surface area contributed by atoms with E-state index >= 15 is 0 Å². The lowest BCUT2D eigenvalue weighted by molar-refractivity contribution is -0.384. The second-order valence-electron chi connectivity index (χ2n) is 5.88. The summed E-state index contributed by atoms with van der Waals surface area (Å²) in [5, 5.41) is 13.4. The molecule has 128 valence electrons. The standard InChI is InChI=1S/C18H17N3O4/c1-12(22)20-10-2-3-14-11-15(6-9-17(14)20)19-18(23)13-4-7-16(8-5-13)21(24)25/h4-9,11H,2-3,10H2,1H3,(H,19,23). The highest BCUT2D eigenvalue weighted by Crippen LogP contribution is 2.30. The van der Waals surface area contributed by atoms with Crippen LogP contribution in [0.25, 0.3) is 0 Å². The van der Waals surface area contributed by atoms with Crippen molar-refractivity contribution in [2.45, 2.75) is 19.8 Å². The van der Waals surface area contributed by atoms with Crippen LogP contribution in [-0.4, -0.2) is 23.3 Å². The zero-order valence-corrected chi connectivity index (χ0v) is 13.7. The van der Waals surface area contributed by atoms with E-state index in [4.69, 9.17) is 0 Å². The second kappa shape index (κ2) is 6.72. The van der Waals surface area contributed by atoms with Crippen LogP contribution in [0.1, 0.15) is 29.3 Å². The summed E-state index contributed by atoms with van der Waals surface area (Å²) in [4.78, 5) is 35.9. The number of nitro groups is 1. The number of aryl methyl sites for hydroxylation is 1. The van der Waals surface area contributed by atoms with Crippen LogP contribution in [0.4, 0.5) is 17.1 Å². The van der Waals surface area contributed by atoms with E-state index in [1.165, 1.54) is 24.3 Å². The highest BCUT2D eigenvalue weighted by molar-refractivity contribution is 6.04. The average molecular weight is 339 g/mol. The number of nitrogens with one attached hydrogen (secondary N) is 1. The van der Waals surface area contributed by atoms with Crippen molar-refractivity contribution < 1.29 is 14.5 Å². The maximum Gasteiger partial charge on any atom is 0.269 e. The van der Waals surface area contributed by atoms with Crippen LogP contribution < -0.4 is 10.2 Å². The number of hydrogen-bond donors (Lipinski definition) is 1. The Labute approximate surface area is 144 Å². The Hall–Kier alpha value is -3.22. The third-order valence-corrected chi connectivity index (χ3v) is 4.18. The molecular weight excluding hydrogens is 322 g/mol. The van der Waals surface area contributed by atoms with Gasteiger partial charge in [0.15, 0.2) is 0 Å². The van der Waals surface area contributed by atoms with Crippen LogP contribution in [0.15, 0.2) is 42.5 Å². The fraction of sp³-hybridized carbons (Fsp3) is 0.222. The van der Waals surface area contributed by atoms with Crippen molar-refractivity contribution in [2.75, 3.05) is 16.8 Å². The Balaban J connectivity index is 1.78. The fourth-order valence-corrected chi connectivity index (χ4v) is 2.94. The smallest absolute Gasteiger partial charge is 0.269 e. The molecule has 1 N–H and O–H groups in total. The summed E-state index contributed by atoms with van der Waals surface area (Å²) in [6.07, 6.45) is 1.73. The van der Waals surface area contributed by atoms with E-state index in [1.807, 2.05) is 12.1 Å². The molecule has 0 atom stereocenters. The first kappa shape index (κ1) is 16.6. The van der Waals surface area contributed by atoms with Gasteiger partial charge in [0, 0.05) is 42.5 Å². The molecule has 0 unspecified atom stereocenters. The first-order chi connectivity index (χ1) is 12.0. The molecule has 0 fully saturated rings. The monoisotopic (exact) mass is 339 g/mol. The first-order valence-corrected chi connectivity index (χ1v) is 7.92. The number of nitrogens with zero attached hydrogens (tertiary/aromatic N) is 2. The second-order valence-corrected chi connectivity index (χ2v) is 5.88. The first-order valence-electron chi connectivity index (χ1n) is 7.92. The molecule has 0 aliphatic carbocycles. The lowest BCUT2D eigenvalue weighted by Crippen LogP contribution is -2.33. The van der Waals surface area contributed by atoms with E-state index in [9.17, 15) is 19.7 Å². The van der Waals surface area contributed by atoms with Crippen LogP contribution in [0, 0.1) is 10.1 Å². The number of hydrogen-bond acceptors (Lipinski definition) is 4. The molecule has 3 rings (SSSR count). The Morgan fingerprint density at radius 2 is 1.88 bits per heavy atom. The van der Waals surface area contributed by atoms with E-state index in [0.29, 0.717) is 17.8 Å².